The van der Waals surface area contributed by atoms with Crippen LogP contribution >= 0.6 is 0 Å². The summed E-state index contributed by atoms with van der Waals surface area (Å²) in [6.07, 6.45) is 0. The number of amides is 1. The van der Waals surface area contributed by atoms with Gasteiger partial charge in [0.2, 0.25) is 5.91 Å². The van der Waals surface area contributed by atoms with E-state index in [0.29, 0.717) is 18.1 Å². The number of hydrogen-bond acceptors (Lipinski definition) is 7. The summed E-state index contributed by atoms with van der Waals surface area (Å²) in [7, 11) is 0. The van der Waals surface area contributed by atoms with E-state index in [9.17, 15) is 4.79 Å². The van der Waals surface area contributed by atoms with Crippen molar-refractivity contribution in [3.8, 4) is 11.3 Å². The van der Waals surface area contributed by atoms with Crippen LogP contribution in [0, 0.1) is 6.92 Å². The molecule has 3 heterocycles. The first kappa shape index (κ1) is 18.4. The molecule has 1 aliphatic rings. The molecule has 0 unspecified atom stereocenters. The van der Waals surface area contributed by atoms with Gasteiger partial charge in [0.05, 0.1) is 13.1 Å². The molecule has 0 atom stereocenters. The number of rotatable bonds is 6. The Morgan fingerprint density at radius 2 is 1.79 bits per heavy atom. The molecule has 0 saturated carbocycles. The van der Waals surface area contributed by atoms with Gasteiger partial charge in [0.25, 0.3) is 0 Å². The van der Waals surface area contributed by atoms with E-state index in [1.54, 1.807) is 13.0 Å². The van der Waals surface area contributed by atoms with Crippen LogP contribution in [0.15, 0.2) is 51.5 Å². The van der Waals surface area contributed by atoms with Gasteiger partial charge in [-0.3, -0.25) is 14.6 Å². The fourth-order valence-electron chi connectivity index (χ4n) is 3.27. The van der Waals surface area contributed by atoms with E-state index in [-0.39, 0.29) is 5.91 Å². The number of piperazine rings is 1. The lowest BCUT2D eigenvalue weighted by Crippen LogP contribution is -2.48. The number of hydrogen-bond donors (Lipinski definition) is 1. The molecule has 8 heteroatoms. The number of nitrogens with zero attached hydrogens (tertiary/aromatic N) is 4. The molecule has 4 rings (SSSR count). The zero-order valence-electron chi connectivity index (χ0n) is 15.8. The Balaban J connectivity index is 1.23. The fraction of sp³-hybridized carbons (Fsp3) is 0.350. The highest BCUT2D eigenvalue weighted by molar-refractivity contribution is 5.91. The molecule has 1 N–H and O–H groups in total. The minimum absolute atomic E-state index is 0.0792. The van der Waals surface area contributed by atoms with Crippen molar-refractivity contribution >= 4 is 11.7 Å². The highest BCUT2D eigenvalue weighted by Crippen LogP contribution is 2.19. The molecule has 146 valence electrons. The van der Waals surface area contributed by atoms with Gasteiger partial charge in [-0.05, 0) is 6.92 Å². The van der Waals surface area contributed by atoms with Crippen LogP contribution in [-0.2, 0) is 11.3 Å². The number of benzene rings is 1. The van der Waals surface area contributed by atoms with Gasteiger partial charge in [-0.1, -0.05) is 40.6 Å². The van der Waals surface area contributed by atoms with Crippen molar-refractivity contribution in [2.75, 3.05) is 38.0 Å². The molecule has 1 aromatic carbocycles. The van der Waals surface area contributed by atoms with E-state index >= 15 is 0 Å². The third-order valence-corrected chi connectivity index (χ3v) is 4.74. The van der Waals surface area contributed by atoms with Crippen LogP contribution in [0.4, 0.5) is 5.82 Å². The highest BCUT2D eigenvalue weighted by atomic mass is 16.5. The summed E-state index contributed by atoms with van der Waals surface area (Å²) < 4.78 is 10.5. The van der Waals surface area contributed by atoms with Crippen LogP contribution in [-0.4, -0.2) is 58.7 Å². The Morgan fingerprint density at radius 1 is 1.04 bits per heavy atom. The quantitative estimate of drug-likeness (QED) is 0.701. The molecule has 8 nitrogen and oxygen atoms in total. The van der Waals surface area contributed by atoms with E-state index in [2.05, 4.69) is 25.4 Å². The Labute approximate surface area is 163 Å². The number of nitrogens with one attached hydrogen (secondary N) is 1. The topological polar surface area (TPSA) is 87.6 Å². The number of carbonyl (C=O) groups is 1. The molecule has 1 amide bonds. The zero-order valence-corrected chi connectivity index (χ0v) is 15.8. The van der Waals surface area contributed by atoms with Gasteiger partial charge in [0.15, 0.2) is 11.6 Å². The summed E-state index contributed by atoms with van der Waals surface area (Å²) in [5.74, 6) is 1.91. The van der Waals surface area contributed by atoms with Crippen LogP contribution in [0.5, 0.6) is 0 Å². The normalized spacial score (nSPS) is 15.6. The summed E-state index contributed by atoms with van der Waals surface area (Å²) in [6.45, 7) is 6.25. The first-order valence-electron chi connectivity index (χ1n) is 9.34. The third kappa shape index (κ3) is 4.65. The summed E-state index contributed by atoms with van der Waals surface area (Å²) in [5, 5.41) is 10.7. The summed E-state index contributed by atoms with van der Waals surface area (Å²) in [5.41, 5.74) is 1.91. The smallest absolute Gasteiger partial charge is 0.239 e. The van der Waals surface area contributed by atoms with Crippen molar-refractivity contribution in [3.05, 3.63) is 54.0 Å². The van der Waals surface area contributed by atoms with E-state index in [1.165, 1.54) is 0 Å². The molecule has 1 saturated heterocycles. The van der Waals surface area contributed by atoms with Crippen molar-refractivity contribution in [2.24, 2.45) is 0 Å². The molecule has 0 bridgehead atoms. The maximum absolute atomic E-state index is 12.1. The maximum atomic E-state index is 12.1. The van der Waals surface area contributed by atoms with Gasteiger partial charge in [-0.2, -0.15) is 0 Å². The van der Waals surface area contributed by atoms with Gasteiger partial charge < -0.3 is 14.4 Å². The Bertz CT molecular complexity index is 913. The standard InChI is InChI=1S/C20H23N5O3/c1-15-11-19(23-27-15)21-20(26)14-25-9-7-24(8-10-25)13-17-12-18(22-28-17)16-5-3-2-4-6-16/h2-6,11-12H,7-10,13-14H2,1H3,(H,21,23,26). The Morgan fingerprint density at radius 3 is 2.50 bits per heavy atom. The lowest BCUT2D eigenvalue weighted by Gasteiger charge is -2.33. The molecule has 2 aromatic heterocycles. The first-order valence-corrected chi connectivity index (χ1v) is 9.34. The number of anilines is 1. The highest BCUT2D eigenvalue weighted by Gasteiger charge is 2.20. The SMILES string of the molecule is Cc1cc(NC(=O)CN2CCN(Cc3cc(-c4ccccc4)no3)CC2)no1. The van der Waals surface area contributed by atoms with Crippen LogP contribution in [0.3, 0.4) is 0 Å². The van der Waals surface area contributed by atoms with Crippen molar-refractivity contribution in [2.45, 2.75) is 13.5 Å². The van der Waals surface area contributed by atoms with Crippen LogP contribution in [0.25, 0.3) is 11.3 Å². The molecule has 0 aliphatic carbocycles. The lowest BCUT2D eigenvalue weighted by molar-refractivity contribution is -0.117. The molecule has 0 spiro atoms. The van der Waals surface area contributed by atoms with Crippen molar-refractivity contribution < 1.29 is 13.8 Å². The first-order chi connectivity index (χ1) is 13.7. The number of aryl methyl sites for hydroxylation is 1. The predicted octanol–water partition coefficient (Wildman–Crippen LogP) is 2.39. The summed E-state index contributed by atoms with van der Waals surface area (Å²) in [6, 6.07) is 13.7. The zero-order chi connectivity index (χ0) is 19.3. The van der Waals surface area contributed by atoms with Crippen molar-refractivity contribution in [1.29, 1.82) is 0 Å². The van der Waals surface area contributed by atoms with Gasteiger partial charge in [0, 0.05) is 43.9 Å². The monoisotopic (exact) mass is 381 g/mol. The van der Waals surface area contributed by atoms with Gasteiger partial charge in [-0.25, -0.2) is 0 Å². The molecule has 1 fully saturated rings. The van der Waals surface area contributed by atoms with Gasteiger partial charge in [-0.15, -0.1) is 0 Å². The Hall–Kier alpha value is -2.97. The van der Waals surface area contributed by atoms with Gasteiger partial charge in [0.1, 0.15) is 11.5 Å². The van der Waals surface area contributed by atoms with E-state index in [1.807, 2.05) is 36.4 Å². The van der Waals surface area contributed by atoms with Gasteiger partial charge >= 0.3 is 0 Å². The average Bonchev–Trinajstić information content (AvgIpc) is 3.33. The lowest BCUT2D eigenvalue weighted by atomic mass is 10.1. The van der Waals surface area contributed by atoms with Crippen LogP contribution < -0.4 is 5.32 Å². The average molecular weight is 381 g/mol. The minimum Gasteiger partial charge on any atom is -0.360 e. The second kappa shape index (κ2) is 8.37. The molecule has 28 heavy (non-hydrogen) atoms. The summed E-state index contributed by atoms with van der Waals surface area (Å²) in [4.78, 5) is 16.6. The second-order valence-electron chi connectivity index (χ2n) is 6.97. The molecule has 1 aliphatic heterocycles. The molecular formula is C20H23N5O3. The third-order valence-electron chi connectivity index (χ3n) is 4.74. The van der Waals surface area contributed by atoms with E-state index in [0.717, 1.165) is 49.7 Å². The number of carbonyl (C=O) groups excluding carboxylic acids is 1. The van der Waals surface area contributed by atoms with Crippen LogP contribution in [0.2, 0.25) is 0 Å². The van der Waals surface area contributed by atoms with Crippen LogP contribution in [0.1, 0.15) is 11.5 Å². The minimum atomic E-state index is -0.0792. The molecular weight excluding hydrogens is 358 g/mol. The Kier molecular flexibility index (Phi) is 5.50. The summed E-state index contributed by atoms with van der Waals surface area (Å²) >= 11 is 0. The maximum Gasteiger partial charge on any atom is 0.239 e. The predicted molar refractivity (Wildman–Crippen MR) is 104 cm³/mol. The van der Waals surface area contributed by atoms with Crippen molar-refractivity contribution in [3.63, 3.8) is 0 Å². The second-order valence-corrected chi connectivity index (χ2v) is 6.97. The van der Waals surface area contributed by atoms with E-state index < -0.39 is 0 Å². The van der Waals surface area contributed by atoms with E-state index in [4.69, 9.17) is 9.05 Å². The van der Waals surface area contributed by atoms with Crippen molar-refractivity contribution in [1.82, 2.24) is 20.1 Å². The fourth-order valence-corrected chi connectivity index (χ4v) is 3.27. The largest absolute Gasteiger partial charge is 0.360 e. The molecule has 3 aromatic rings. The number of aromatic nitrogens is 2. The molecule has 0 radical (unpaired) electrons.